The van der Waals surface area contributed by atoms with Gasteiger partial charge in [-0.3, -0.25) is 0 Å². The first-order chi connectivity index (χ1) is 6.69. The fourth-order valence-corrected chi connectivity index (χ4v) is 0.834. The molecular formula is C6H8N6O2. The maximum absolute atomic E-state index is 10.4. The predicted octanol–water partition coefficient (Wildman–Crippen LogP) is -0.927. The molecule has 8 heteroatoms. The number of nitrogens with two attached hydrogens (primary N) is 2. The molecule has 14 heavy (non-hydrogen) atoms. The van der Waals surface area contributed by atoms with E-state index in [1.807, 2.05) is 0 Å². The Labute approximate surface area is 78.7 Å². The molecule has 0 aliphatic rings. The molecule has 0 fully saturated rings. The van der Waals surface area contributed by atoms with Gasteiger partial charge in [-0.2, -0.15) is 5.10 Å². The normalized spacial score (nSPS) is 11.1. The minimum Gasteiger partial charge on any atom is -0.358 e. The van der Waals surface area contributed by atoms with Crippen LogP contribution in [0, 0.1) is 10.1 Å². The number of amidine groups is 1. The lowest BCUT2D eigenvalue weighted by atomic mass is 10.3. The SMILES string of the molecule is N/N=C(\NN)c1cccc([N+](=O)[O-])n1. The average molecular weight is 196 g/mol. The Hall–Kier alpha value is -2.22. The van der Waals surface area contributed by atoms with E-state index in [-0.39, 0.29) is 17.3 Å². The molecule has 74 valence electrons. The van der Waals surface area contributed by atoms with Crippen LogP contribution in [0.5, 0.6) is 0 Å². The maximum atomic E-state index is 10.4. The molecule has 8 nitrogen and oxygen atoms in total. The number of hydrazine groups is 1. The van der Waals surface area contributed by atoms with Crippen molar-refractivity contribution in [3.05, 3.63) is 34.0 Å². The summed E-state index contributed by atoms with van der Waals surface area (Å²) in [4.78, 5) is 13.4. The summed E-state index contributed by atoms with van der Waals surface area (Å²) in [5.41, 5.74) is 2.39. The van der Waals surface area contributed by atoms with Crippen molar-refractivity contribution in [1.29, 1.82) is 0 Å². The number of aromatic nitrogens is 1. The first-order valence-corrected chi connectivity index (χ1v) is 3.55. The molecule has 1 aromatic rings. The highest BCUT2D eigenvalue weighted by Gasteiger charge is 2.13. The van der Waals surface area contributed by atoms with Crippen molar-refractivity contribution < 1.29 is 4.92 Å². The number of nitrogens with zero attached hydrogens (tertiary/aromatic N) is 3. The van der Waals surface area contributed by atoms with Crippen LogP contribution in [0.15, 0.2) is 23.3 Å². The van der Waals surface area contributed by atoms with Crippen LogP contribution in [-0.2, 0) is 0 Å². The highest BCUT2D eigenvalue weighted by atomic mass is 16.6. The van der Waals surface area contributed by atoms with E-state index in [1.54, 1.807) is 0 Å². The fraction of sp³-hybridized carbons (Fsp3) is 0. The first-order valence-electron chi connectivity index (χ1n) is 3.55. The monoisotopic (exact) mass is 196 g/mol. The largest absolute Gasteiger partial charge is 0.364 e. The highest BCUT2D eigenvalue weighted by molar-refractivity contribution is 5.96. The van der Waals surface area contributed by atoms with Crippen LogP contribution in [0.1, 0.15) is 5.69 Å². The van der Waals surface area contributed by atoms with Crippen molar-refractivity contribution in [2.75, 3.05) is 0 Å². The van der Waals surface area contributed by atoms with Crippen molar-refractivity contribution in [2.45, 2.75) is 0 Å². The summed E-state index contributed by atoms with van der Waals surface area (Å²) in [5.74, 6) is 9.83. The van der Waals surface area contributed by atoms with Gasteiger partial charge in [-0.1, -0.05) is 0 Å². The molecule has 0 aromatic carbocycles. The number of rotatable bonds is 2. The van der Waals surface area contributed by atoms with E-state index in [0.29, 0.717) is 0 Å². The van der Waals surface area contributed by atoms with Gasteiger partial charge in [-0.25, -0.2) is 5.84 Å². The zero-order valence-corrected chi connectivity index (χ0v) is 7.04. The molecule has 1 rings (SSSR count). The van der Waals surface area contributed by atoms with Gasteiger partial charge in [0.2, 0.25) is 11.5 Å². The quantitative estimate of drug-likeness (QED) is 0.184. The lowest BCUT2D eigenvalue weighted by Crippen LogP contribution is -2.32. The number of hydrogen-bond donors (Lipinski definition) is 3. The zero-order chi connectivity index (χ0) is 10.6. The third-order valence-corrected chi connectivity index (χ3v) is 1.43. The number of pyridine rings is 1. The summed E-state index contributed by atoms with van der Waals surface area (Å²) in [6.45, 7) is 0. The summed E-state index contributed by atoms with van der Waals surface area (Å²) in [6.07, 6.45) is 0. The van der Waals surface area contributed by atoms with Gasteiger partial charge in [0.05, 0.1) is 0 Å². The highest BCUT2D eigenvalue weighted by Crippen LogP contribution is 2.06. The molecule has 1 aromatic heterocycles. The third kappa shape index (κ3) is 1.93. The second-order valence-electron chi connectivity index (χ2n) is 2.26. The van der Waals surface area contributed by atoms with Crippen LogP contribution in [0.25, 0.3) is 0 Å². The number of hydrazone groups is 1. The molecule has 5 N–H and O–H groups in total. The molecular weight excluding hydrogens is 188 g/mol. The Morgan fingerprint density at radius 3 is 2.86 bits per heavy atom. The van der Waals surface area contributed by atoms with Gasteiger partial charge in [-0.15, -0.1) is 0 Å². The minimum atomic E-state index is -0.617. The van der Waals surface area contributed by atoms with Gasteiger partial charge < -0.3 is 21.4 Å². The van der Waals surface area contributed by atoms with E-state index >= 15 is 0 Å². The topological polar surface area (TPSA) is 132 Å². The van der Waals surface area contributed by atoms with E-state index in [0.717, 1.165) is 0 Å². The molecule has 0 atom stereocenters. The summed E-state index contributed by atoms with van der Waals surface area (Å²) in [7, 11) is 0. The molecule has 0 aliphatic heterocycles. The second kappa shape index (κ2) is 4.14. The van der Waals surface area contributed by atoms with Crippen molar-refractivity contribution in [2.24, 2.45) is 16.8 Å². The van der Waals surface area contributed by atoms with Gasteiger partial charge in [0.25, 0.3) is 0 Å². The minimum absolute atomic E-state index is 0.0775. The Bertz CT molecular complexity index is 376. The fourth-order valence-electron chi connectivity index (χ4n) is 0.834. The van der Waals surface area contributed by atoms with E-state index in [4.69, 9.17) is 11.7 Å². The van der Waals surface area contributed by atoms with Crippen LogP contribution in [0.4, 0.5) is 5.82 Å². The molecule has 0 aliphatic carbocycles. The summed E-state index contributed by atoms with van der Waals surface area (Å²) < 4.78 is 0. The maximum Gasteiger partial charge on any atom is 0.364 e. The molecule has 0 saturated heterocycles. The summed E-state index contributed by atoms with van der Waals surface area (Å²) in [5, 5.41) is 13.6. The Morgan fingerprint density at radius 1 is 1.64 bits per heavy atom. The van der Waals surface area contributed by atoms with Gasteiger partial charge in [0.1, 0.15) is 0 Å². The molecule has 0 amide bonds. The second-order valence-corrected chi connectivity index (χ2v) is 2.26. The van der Waals surface area contributed by atoms with Crippen LogP contribution >= 0.6 is 0 Å². The molecule has 0 spiro atoms. The van der Waals surface area contributed by atoms with Gasteiger partial charge in [0, 0.05) is 6.07 Å². The Balaban J connectivity index is 3.11. The molecule has 0 unspecified atom stereocenters. The number of hydrogen-bond acceptors (Lipinski definition) is 6. The van der Waals surface area contributed by atoms with Gasteiger partial charge >= 0.3 is 5.82 Å². The molecule has 0 radical (unpaired) electrons. The Morgan fingerprint density at radius 2 is 2.36 bits per heavy atom. The van der Waals surface area contributed by atoms with Crippen molar-refractivity contribution in [1.82, 2.24) is 10.4 Å². The van der Waals surface area contributed by atoms with E-state index in [2.05, 4.69) is 15.5 Å². The first kappa shape index (κ1) is 9.86. The smallest absolute Gasteiger partial charge is 0.358 e. The van der Waals surface area contributed by atoms with Crippen LogP contribution in [0.3, 0.4) is 0 Å². The lowest BCUT2D eigenvalue weighted by Gasteiger charge is -1.98. The van der Waals surface area contributed by atoms with Crippen molar-refractivity contribution >= 4 is 11.7 Å². The van der Waals surface area contributed by atoms with Crippen LogP contribution in [-0.4, -0.2) is 15.7 Å². The molecule has 1 heterocycles. The average Bonchev–Trinajstić information content (AvgIpc) is 2.20. The predicted molar refractivity (Wildman–Crippen MR) is 48.9 cm³/mol. The molecule has 0 bridgehead atoms. The standard InChI is InChI=1S/C6H8N6O2/c7-10-6(11-8)4-2-1-3-5(9-4)12(13)14/h1-3H,7-8H2,(H,10,11). The van der Waals surface area contributed by atoms with E-state index in [9.17, 15) is 10.1 Å². The molecule has 0 saturated carbocycles. The van der Waals surface area contributed by atoms with Crippen LogP contribution in [0.2, 0.25) is 0 Å². The van der Waals surface area contributed by atoms with E-state index in [1.165, 1.54) is 18.2 Å². The summed E-state index contributed by atoms with van der Waals surface area (Å²) in [6, 6.07) is 4.22. The Kier molecular flexibility index (Phi) is 2.92. The van der Waals surface area contributed by atoms with E-state index < -0.39 is 4.92 Å². The van der Waals surface area contributed by atoms with Crippen LogP contribution < -0.4 is 17.1 Å². The number of nitrogens with one attached hydrogen (secondary N) is 1. The third-order valence-electron chi connectivity index (χ3n) is 1.43. The van der Waals surface area contributed by atoms with Crippen molar-refractivity contribution in [3.8, 4) is 0 Å². The zero-order valence-electron chi connectivity index (χ0n) is 7.04. The van der Waals surface area contributed by atoms with Crippen molar-refractivity contribution in [3.63, 3.8) is 0 Å². The van der Waals surface area contributed by atoms with Gasteiger partial charge in [-0.05, 0) is 22.0 Å². The summed E-state index contributed by atoms with van der Waals surface area (Å²) >= 11 is 0. The number of nitro groups is 1. The lowest BCUT2D eigenvalue weighted by molar-refractivity contribution is -0.389. The van der Waals surface area contributed by atoms with Gasteiger partial charge in [0.15, 0.2) is 0 Å².